The highest BCUT2D eigenvalue weighted by Crippen LogP contribution is 2.02. The molecule has 0 amide bonds. The van der Waals surface area contributed by atoms with E-state index in [0.717, 1.165) is 18.5 Å². The summed E-state index contributed by atoms with van der Waals surface area (Å²) in [6, 6.07) is 0. The Hall–Kier alpha value is -1.03. The maximum atomic E-state index is 5.12. The second-order valence-electron chi connectivity index (χ2n) is 2.15. The van der Waals surface area contributed by atoms with E-state index in [-0.39, 0.29) is 0 Å². The van der Waals surface area contributed by atoms with Crippen LogP contribution >= 0.6 is 0 Å². The summed E-state index contributed by atoms with van der Waals surface area (Å²) >= 11 is 0. The standard InChI is InChI=1S/C6H12N4/c1-2-3-5-4-8-6(9-5)10-7/h4H,2-3,7H2,1H3,(H2,8,9,10). The monoisotopic (exact) mass is 140 g/mol. The zero-order chi connectivity index (χ0) is 7.40. The summed E-state index contributed by atoms with van der Waals surface area (Å²) < 4.78 is 0. The molecule has 1 heterocycles. The van der Waals surface area contributed by atoms with Crippen LogP contribution in [0.1, 0.15) is 19.0 Å². The number of nitrogens with one attached hydrogen (secondary N) is 2. The first-order chi connectivity index (χ1) is 4.86. The molecule has 0 radical (unpaired) electrons. The van der Waals surface area contributed by atoms with Crippen molar-refractivity contribution in [2.75, 3.05) is 5.43 Å². The average Bonchev–Trinajstić information content (AvgIpc) is 2.37. The third-order valence-electron chi connectivity index (χ3n) is 1.28. The lowest BCUT2D eigenvalue weighted by Crippen LogP contribution is -2.07. The number of aromatic amines is 1. The Balaban J connectivity index is 2.59. The predicted molar refractivity (Wildman–Crippen MR) is 40.4 cm³/mol. The summed E-state index contributed by atoms with van der Waals surface area (Å²) in [7, 11) is 0. The van der Waals surface area contributed by atoms with E-state index in [2.05, 4.69) is 22.3 Å². The number of aryl methyl sites for hydroxylation is 1. The normalized spacial score (nSPS) is 9.80. The van der Waals surface area contributed by atoms with Gasteiger partial charge in [0, 0.05) is 5.69 Å². The first kappa shape index (κ1) is 7.08. The van der Waals surface area contributed by atoms with Crippen LogP contribution in [-0.2, 0) is 6.42 Å². The number of nitrogens with two attached hydrogens (primary N) is 1. The minimum Gasteiger partial charge on any atom is -0.327 e. The lowest BCUT2D eigenvalue weighted by molar-refractivity contribution is 0.892. The van der Waals surface area contributed by atoms with E-state index in [1.165, 1.54) is 0 Å². The molecule has 0 aromatic carbocycles. The van der Waals surface area contributed by atoms with Crippen molar-refractivity contribution in [3.63, 3.8) is 0 Å². The quantitative estimate of drug-likeness (QED) is 0.426. The van der Waals surface area contributed by atoms with E-state index >= 15 is 0 Å². The summed E-state index contributed by atoms with van der Waals surface area (Å²) in [4.78, 5) is 6.98. The number of hydrogen-bond acceptors (Lipinski definition) is 3. The fraction of sp³-hybridized carbons (Fsp3) is 0.500. The van der Waals surface area contributed by atoms with Crippen LogP contribution in [0.2, 0.25) is 0 Å². The van der Waals surface area contributed by atoms with Crippen LogP contribution in [0, 0.1) is 0 Å². The van der Waals surface area contributed by atoms with Crippen LogP contribution in [-0.4, -0.2) is 9.97 Å². The van der Waals surface area contributed by atoms with Crippen molar-refractivity contribution in [3.05, 3.63) is 11.9 Å². The molecule has 56 valence electrons. The van der Waals surface area contributed by atoms with Crippen molar-refractivity contribution in [1.29, 1.82) is 0 Å². The van der Waals surface area contributed by atoms with Crippen molar-refractivity contribution in [2.24, 2.45) is 5.84 Å². The van der Waals surface area contributed by atoms with Gasteiger partial charge in [-0.05, 0) is 6.42 Å². The molecule has 0 saturated carbocycles. The molecular weight excluding hydrogens is 128 g/mol. The summed E-state index contributed by atoms with van der Waals surface area (Å²) in [5.41, 5.74) is 3.56. The van der Waals surface area contributed by atoms with E-state index in [1.807, 2.05) is 0 Å². The second-order valence-corrected chi connectivity index (χ2v) is 2.15. The van der Waals surface area contributed by atoms with Crippen LogP contribution in [0.3, 0.4) is 0 Å². The number of aromatic nitrogens is 2. The molecule has 0 aliphatic rings. The molecule has 4 heteroatoms. The zero-order valence-corrected chi connectivity index (χ0v) is 6.02. The lowest BCUT2D eigenvalue weighted by atomic mass is 10.3. The minimum absolute atomic E-state index is 0.628. The summed E-state index contributed by atoms with van der Waals surface area (Å²) in [6.45, 7) is 2.12. The third-order valence-corrected chi connectivity index (χ3v) is 1.28. The maximum absolute atomic E-state index is 5.12. The van der Waals surface area contributed by atoms with Gasteiger partial charge in [0.1, 0.15) is 0 Å². The summed E-state index contributed by atoms with van der Waals surface area (Å²) in [5, 5.41) is 0. The van der Waals surface area contributed by atoms with Gasteiger partial charge in [-0.25, -0.2) is 10.8 Å². The number of imidazole rings is 1. The molecule has 0 bridgehead atoms. The number of nitrogens with zero attached hydrogens (tertiary/aromatic N) is 1. The van der Waals surface area contributed by atoms with Crippen molar-refractivity contribution < 1.29 is 0 Å². The van der Waals surface area contributed by atoms with E-state index in [4.69, 9.17) is 5.84 Å². The van der Waals surface area contributed by atoms with Crippen LogP contribution in [0.5, 0.6) is 0 Å². The lowest BCUT2D eigenvalue weighted by Gasteiger charge is -1.91. The molecule has 0 aliphatic carbocycles. The van der Waals surface area contributed by atoms with Gasteiger partial charge in [0.25, 0.3) is 0 Å². The number of nitrogen functional groups attached to an aromatic ring is 1. The van der Waals surface area contributed by atoms with Gasteiger partial charge in [-0.1, -0.05) is 13.3 Å². The number of rotatable bonds is 3. The Morgan fingerprint density at radius 1 is 1.80 bits per heavy atom. The first-order valence-electron chi connectivity index (χ1n) is 3.37. The van der Waals surface area contributed by atoms with Gasteiger partial charge in [0.05, 0.1) is 6.20 Å². The Morgan fingerprint density at radius 3 is 3.10 bits per heavy atom. The van der Waals surface area contributed by atoms with E-state index in [9.17, 15) is 0 Å². The highest BCUT2D eigenvalue weighted by Gasteiger charge is 1.95. The van der Waals surface area contributed by atoms with Gasteiger partial charge >= 0.3 is 0 Å². The van der Waals surface area contributed by atoms with E-state index in [1.54, 1.807) is 6.20 Å². The van der Waals surface area contributed by atoms with Crippen molar-refractivity contribution in [2.45, 2.75) is 19.8 Å². The van der Waals surface area contributed by atoms with Gasteiger partial charge in [0.2, 0.25) is 5.95 Å². The Labute approximate surface area is 59.8 Å². The highest BCUT2D eigenvalue weighted by atomic mass is 15.3. The van der Waals surface area contributed by atoms with E-state index < -0.39 is 0 Å². The molecule has 0 unspecified atom stereocenters. The largest absolute Gasteiger partial charge is 0.327 e. The van der Waals surface area contributed by atoms with Gasteiger partial charge < -0.3 is 4.98 Å². The van der Waals surface area contributed by atoms with Crippen molar-refractivity contribution in [3.8, 4) is 0 Å². The molecule has 1 aromatic rings. The molecule has 10 heavy (non-hydrogen) atoms. The molecule has 4 nitrogen and oxygen atoms in total. The molecule has 1 aromatic heterocycles. The van der Waals surface area contributed by atoms with Gasteiger partial charge in [-0.3, -0.25) is 5.43 Å². The van der Waals surface area contributed by atoms with Gasteiger partial charge in [-0.15, -0.1) is 0 Å². The number of hydrogen-bond donors (Lipinski definition) is 3. The van der Waals surface area contributed by atoms with Gasteiger partial charge in [0.15, 0.2) is 0 Å². The van der Waals surface area contributed by atoms with Crippen LogP contribution < -0.4 is 11.3 Å². The maximum Gasteiger partial charge on any atom is 0.214 e. The fourth-order valence-electron chi connectivity index (χ4n) is 0.829. The average molecular weight is 140 g/mol. The second kappa shape index (κ2) is 3.22. The number of hydrazine groups is 1. The third kappa shape index (κ3) is 1.48. The smallest absolute Gasteiger partial charge is 0.214 e. The Bertz CT molecular complexity index is 193. The predicted octanol–water partition coefficient (Wildman–Crippen LogP) is 0.648. The molecule has 1 rings (SSSR count). The van der Waals surface area contributed by atoms with E-state index in [0.29, 0.717) is 5.95 Å². The Morgan fingerprint density at radius 2 is 2.60 bits per heavy atom. The molecular formula is C6H12N4. The minimum atomic E-state index is 0.628. The zero-order valence-electron chi connectivity index (χ0n) is 6.02. The summed E-state index contributed by atoms with van der Waals surface area (Å²) in [5.74, 6) is 5.74. The molecule has 0 spiro atoms. The molecule has 0 fully saturated rings. The number of H-pyrrole nitrogens is 1. The van der Waals surface area contributed by atoms with Crippen LogP contribution in [0.25, 0.3) is 0 Å². The van der Waals surface area contributed by atoms with Gasteiger partial charge in [-0.2, -0.15) is 0 Å². The van der Waals surface area contributed by atoms with Crippen molar-refractivity contribution >= 4 is 5.95 Å². The number of anilines is 1. The fourth-order valence-corrected chi connectivity index (χ4v) is 0.829. The molecule has 0 atom stereocenters. The Kier molecular flexibility index (Phi) is 2.28. The molecule has 0 saturated heterocycles. The van der Waals surface area contributed by atoms with Crippen LogP contribution in [0.15, 0.2) is 6.20 Å². The summed E-state index contributed by atoms with van der Waals surface area (Å²) in [6.07, 6.45) is 3.93. The highest BCUT2D eigenvalue weighted by molar-refractivity contribution is 5.23. The topological polar surface area (TPSA) is 66.7 Å². The molecule has 0 aliphatic heterocycles. The van der Waals surface area contributed by atoms with Crippen molar-refractivity contribution in [1.82, 2.24) is 9.97 Å². The molecule has 4 N–H and O–H groups in total. The first-order valence-corrected chi connectivity index (χ1v) is 3.37. The SMILES string of the molecule is CCCc1cnc(NN)[nH]1. The van der Waals surface area contributed by atoms with Crippen LogP contribution in [0.4, 0.5) is 5.95 Å².